The normalized spacial score (nSPS) is 14.4. The summed E-state index contributed by atoms with van der Waals surface area (Å²) in [5.41, 5.74) is 6.03. The lowest BCUT2D eigenvalue weighted by Gasteiger charge is -2.30. The van der Waals surface area contributed by atoms with E-state index in [-0.39, 0.29) is 11.2 Å². The summed E-state index contributed by atoms with van der Waals surface area (Å²) in [6.45, 7) is 7.57. The first-order valence-corrected chi connectivity index (χ1v) is 11.4. The molecule has 4 rings (SSSR count). The van der Waals surface area contributed by atoms with E-state index in [2.05, 4.69) is 65.8 Å². The quantitative estimate of drug-likeness (QED) is 0.587. The van der Waals surface area contributed by atoms with Crippen molar-refractivity contribution in [2.24, 2.45) is 0 Å². The van der Waals surface area contributed by atoms with Crippen molar-refractivity contribution in [2.75, 3.05) is 11.9 Å². The maximum Gasteiger partial charge on any atom is 0.236 e. The van der Waals surface area contributed by atoms with Crippen molar-refractivity contribution in [1.82, 2.24) is 15.1 Å². The summed E-state index contributed by atoms with van der Waals surface area (Å²) in [5, 5.41) is 12.4. The number of anilines is 2. The molecular formula is C22H24N4OS2. The zero-order chi connectivity index (χ0) is 20.4. The lowest BCUT2D eigenvalue weighted by Crippen LogP contribution is -2.40. The molecule has 5 nitrogen and oxygen atoms in total. The van der Waals surface area contributed by atoms with Gasteiger partial charge in [0.05, 0.1) is 5.25 Å². The molecule has 0 bridgehead atoms. The Hall–Kier alpha value is -2.38. The van der Waals surface area contributed by atoms with Crippen molar-refractivity contribution in [3.8, 4) is 0 Å². The number of rotatable bonds is 5. The van der Waals surface area contributed by atoms with Gasteiger partial charge in [0.25, 0.3) is 0 Å². The minimum atomic E-state index is -0.192. The van der Waals surface area contributed by atoms with Gasteiger partial charge in [-0.1, -0.05) is 65.1 Å². The SMILES string of the molecule is Cc1ccc(Nc2nnc(S[C@@H](C)C(=O)N3CCc4ccccc4C3)s2)c(C)c1. The first kappa shape index (κ1) is 19.9. The number of amides is 1. The molecule has 1 aliphatic heterocycles. The number of benzene rings is 2. The molecule has 1 N–H and O–H groups in total. The summed E-state index contributed by atoms with van der Waals surface area (Å²) in [5.74, 6) is 0.156. The Labute approximate surface area is 179 Å². The minimum absolute atomic E-state index is 0.156. The average molecular weight is 425 g/mol. The molecule has 1 amide bonds. The summed E-state index contributed by atoms with van der Waals surface area (Å²) in [7, 11) is 0. The maximum atomic E-state index is 12.9. The van der Waals surface area contributed by atoms with Crippen LogP contribution in [0.2, 0.25) is 0 Å². The smallest absolute Gasteiger partial charge is 0.236 e. The average Bonchev–Trinajstić information content (AvgIpc) is 3.16. The summed E-state index contributed by atoms with van der Waals surface area (Å²) >= 11 is 2.96. The monoisotopic (exact) mass is 424 g/mol. The topological polar surface area (TPSA) is 58.1 Å². The number of fused-ring (bicyclic) bond motifs is 1. The van der Waals surface area contributed by atoms with E-state index in [0.717, 1.165) is 28.1 Å². The summed E-state index contributed by atoms with van der Waals surface area (Å²) in [6, 6.07) is 14.6. The van der Waals surface area contributed by atoms with Crippen molar-refractivity contribution in [2.45, 2.75) is 43.3 Å². The molecule has 0 saturated carbocycles. The van der Waals surface area contributed by atoms with Crippen molar-refractivity contribution in [3.63, 3.8) is 0 Å². The van der Waals surface area contributed by atoms with Gasteiger partial charge in [0.1, 0.15) is 0 Å². The Bertz CT molecular complexity index is 1030. The van der Waals surface area contributed by atoms with Crippen LogP contribution in [0, 0.1) is 13.8 Å². The van der Waals surface area contributed by atoms with Crippen LogP contribution < -0.4 is 5.32 Å². The zero-order valence-electron chi connectivity index (χ0n) is 16.8. The van der Waals surface area contributed by atoms with Crippen LogP contribution in [-0.4, -0.2) is 32.8 Å². The molecule has 0 spiro atoms. The Morgan fingerprint density at radius 2 is 1.97 bits per heavy atom. The van der Waals surface area contributed by atoms with Crippen LogP contribution in [0.25, 0.3) is 0 Å². The van der Waals surface area contributed by atoms with Crippen LogP contribution in [0.4, 0.5) is 10.8 Å². The van der Waals surface area contributed by atoms with Gasteiger partial charge >= 0.3 is 0 Å². The molecule has 1 aromatic heterocycles. The highest BCUT2D eigenvalue weighted by Gasteiger charge is 2.26. The number of thioether (sulfide) groups is 1. The molecule has 150 valence electrons. The van der Waals surface area contributed by atoms with Crippen LogP contribution >= 0.6 is 23.1 Å². The highest BCUT2D eigenvalue weighted by molar-refractivity contribution is 8.02. The Balaban J connectivity index is 1.37. The lowest BCUT2D eigenvalue weighted by atomic mass is 10.00. The molecule has 1 aliphatic rings. The number of nitrogens with zero attached hydrogens (tertiary/aromatic N) is 3. The van der Waals surface area contributed by atoms with Crippen LogP contribution in [0.3, 0.4) is 0 Å². The molecular weight excluding hydrogens is 400 g/mol. The van der Waals surface area contributed by atoms with Gasteiger partial charge in [-0.2, -0.15) is 0 Å². The Morgan fingerprint density at radius 1 is 1.17 bits per heavy atom. The Morgan fingerprint density at radius 3 is 2.76 bits per heavy atom. The summed E-state index contributed by atoms with van der Waals surface area (Å²) in [6.07, 6.45) is 0.919. The molecule has 0 radical (unpaired) electrons. The highest BCUT2D eigenvalue weighted by Crippen LogP contribution is 2.32. The number of hydrogen-bond acceptors (Lipinski definition) is 6. The second kappa shape index (κ2) is 8.55. The van der Waals surface area contributed by atoms with Gasteiger partial charge in [-0.15, -0.1) is 10.2 Å². The number of hydrogen-bond donors (Lipinski definition) is 1. The second-order valence-electron chi connectivity index (χ2n) is 7.36. The third-order valence-electron chi connectivity index (χ3n) is 5.10. The van der Waals surface area contributed by atoms with E-state index in [0.29, 0.717) is 6.54 Å². The standard InChI is InChI=1S/C22H24N4OS2/c1-14-8-9-19(15(2)12-14)23-21-24-25-22(29-21)28-16(3)20(27)26-11-10-17-6-4-5-7-18(17)13-26/h4-9,12,16H,10-11,13H2,1-3H3,(H,23,24)/t16-/m0/s1. The van der Waals surface area contributed by atoms with E-state index in [1.54, 1.807) is 0 Å². The molecule has 2 aromatic carbocycles. The second-order valence-corrected chi connectivity index (χ2v) is 9.92. The minimum Gasteiger partial charge on any atom is -0.337 e. The fraction of sp³-hybridized carbons (Fsp3) is 0.318. The third kappa shape index (κ3) is 4.62. The number of carbonyl (C=O) groups is 1. The number of aryl methyl sites for hydroxylation is 2. The maximum absolute atomic E-state index is 12.9. The predicted molar refractivity (Wildman–Crippen MR) is 120 cm³/mol. The highest BCUT2D eigenvalue weighted by atomic mass is 32.2. The third-order valence-corrected chi connectivity index (χ3v) is 7.11. The van der Waals surface area contributed by atoms with E-state index in [1.807, 2.05) is 17.9 Å². The molecule has 0 unspecified atom stereocenters. The first-order valence-electron chi connectivity index (χ1n) is 9.69. The zero-order valence-corrected chi connectivity index (χ0v) is 18.4. The van der Waals surface area contributed by atoms with Crippen LogP contribution in [0.5, 0.6) is 0 Å². The van der Waals surface area contributed by atoms with Crippen LogP contribution in [0.15, 0.2) is 46.8 Å². The van der Waals surface area contributed by atoms with E-state index in [1.165, 1.54) is 45.4 Å². The van der Waals surface area contributed by atoms with Crippen LogP contribution in [-0.2, 0) is 17.8 Å². The number of carbonyl (C=O) groups excluding carboxylic acids is 1. The van der Waals surface area contributed by atoms with Gasteiger partial charge < -0.3 is 10.2 Å². The predicted octanol–water partition coefficient (Wildman–Crippen LogP) is 4.96. The molecule has 2 heterocycles. The molecule has 0 saturated heterocycles. The van der Waals surface area contributed by atoms with Gasteiger partial charge in [-0.05, 0) is 49.9 Å². The van der Waals surface area contributed by atoms with E-state index in [9.17, 15) is 4.79 Å². The van der Waals surface area contributed by atoms with E-state index >= 15 is 0 Å². The van der Waals surface area contributed by atoms with Crippen molar-refractivity contribution in [1.29, 1.82) is 0 Å². The Kier molecular flexibility index (Phi) is 5.87. The van der Waals surface area contributed by atoms with Crippen molar-refractivity contribution >= 4 is 39.8 Å². The number of aromatic nitrogens is 2. The van der Waals surface area contributed by atoms with Gasteiger partial charge in [-0.25, -0.2) is 0 Å². The summed E-state index contributed by atoms with van der Waals surface area (Å²) in [4.78, 5) is 14.9. The fourth-order valence-electron chi connectivity index (χ4n) is 3.52. The van der Waals surface area contributed by atoms with Crippen molar-refractivity contribution in [3.05, 3.63) is 64.7 Å². The molecule has 0 aliphatic carbocycles. The first-order chi connectivity index (χ1) is 14.0. The summed E-state index contributed by atoms with van der Waals surface area (Å²) < 4.78 is 0.801. The number of nitrogens with one attached hydrogen (secondary N) is 1. The van der Waals surface area contributed by atoms with E-state index < -0.39 is 0 Å². The van der Waals surface area contributed by atoms with Crippen molar-refractivity contribution < 1.29 is 4.79 Å². The van der Waals surface area contributed by atoms with Crippen LogP contribution in [0.1, 0.15) is 29.2 Å². The molecule has 3 aromatic rings. The largest absolute Gasteiger partial charge is 0.337 e. The van der Waals surface area contributed by atoms with Gasteiger partial charge in [0.15, 0.2) is 4.34 Å². The van der Waals surface area contributed by atoms with E-state index in [4.69, 9.17) is 0 Å². The van der Waals surface area contributed by atoms with Gasteiger partial charge in [0, 0.05) is 18.8 Å². The lowest BCUT2D eigenvalue weighted by molar-refractivity contribution is -0.131. The molecule has 1 atom stereocenters. The molecule has 7 heteroatoms. The molecule has 29 heavy (non-hydrogen) atoms. The van der Waals surface area contributed by atoms with Gasteiger partial charge in [-0.3, -0.25) is 4.79 Å². The molecule has 0 fully saturated rings. The fourth-order valence-corrected chi connectivity index (χ4v) is 5.51. The van der Waals surface area contributed by atoms with Gasteiger partial charge in [0.2, 0.25) is 11.0 Å².